The second kappa shape index (κ2) is 6.76. The number of halogens is 1. The van der Waals surface area contributed by atoms with Gasteiger partial charge in [0.1, 0.15) is 0 Å². The first-order valence-corrected chi connectivity index (χ1v) is 7.15. The highest BCUT2D eigenvalue weighted by Gasteiger charge is 2.34. The van der Waals surface area contributed by atoms with Crippen LogP contribution in [0, 0.1) is 17.8 Å². The van der Waals surface area contributed by atoms with E-state index in [4.69, 9.17) is 5.73 Å². The first kappa shape index (κ1) is 15.8. The highest BCUT2D eigenvalue weighted by atomic mass is 35.5. The number of nitrogens with one attached hydrogen (secondary N) is 1. The third-order valence-electron chi connectivity index (χ3n) is 4.94. The second-order valence-electron chi connectivity index (χ2n) is 6.08. The molecule has 0 radical (unpaired) electrons. The molecule has 1 amide bonds. The van der Waals surface area contributed by atoms with E-state index < -0.39 is 0 Å². The zero-order valence-electron chi connectivity index (χ0n) is 11.5. The lowest BCUT2D eigenvalue weighted by atomic mass is 9.78. The van der Waals surface area contributed by atoms with E-state index in [2.05, 4.69) is 19.2 Å². The first-order chi connectivity index (χ1) is 8.09. The molecule has 0 bridgehead atoms. The van der Waals surface area contributed by atoms with Crippen LogP contribution in [0.4, 0.5) is 0 Å². The minimum absolute atomic E-state index is 0. The van der Waals surface area contributed by atoms with Gasteiger partial charge in [-0.1, -0.05) is 33.1 Å². The number of amides is 1. The van der Waals surface area contributed by atoms with Gasteiger partial charge in [-0.05, 0) is 31.1 Å². The quantitative estimate of drug-likeness (QED) is 0.813. The monoisotopic (exact) mass is 274 g/mol. The number of carbonyl (C=O) groups is 1. The summed E-state index contributed by atoms with van der Waals surface area (Å²) in [5, 5.41) is 3.25. The normalized spacial score (nSPS) is 40.1. The summed E-state index contributed by atoms with van der Waals surface area (Å²) in [6.07, 6.45) is 6.77. The van der Waals surface area contributed by atoms with Crippen LogP contribution in [0.1, 0.15) is 52.4 Å². The first-order valence-electron chi connectivity index (χ1n) is 7.15. The highest BCUT2D eigenvalue weighted by Crippen LogP contribution is 2.30. The summed E-state index contributed by atoms with van der Waals surface area (Å²) in [6.45, 7) is 4.56. The smallest absolute Gasteiger partial charge is 0.224 e. The molecule has 18 heavy (non-hydrogen) atoms. The van der Waals surface area contributed by atoms with Gasteiger partial charge in [-0.2, -0.15) is 0 Å². The zero-order chi connectivity index (χ0) is 12.4. The van der Waals surface area contributed by atoms with Gasteiger partial charge in [0, 0.05) is 12.1 Å². The van der Waals surface area contributed by atoms with E-state index in [-0.39, 0.29) is 30.3 Å². The van der Waals surface area contributed by atoms with Crippen LogP contribution in [-0.2, 0) is 4.79 Å². The molecule has 2 rings (SSSR count). The van der Waals surface area contributed by atoms with Gasteiger partial charge < -0.3 is 11.1 Å². The lowest BCUT2D eigenvalue weighted by molar-refractivity contribution is -0.126. The van der Waals surface area contributed by atoms with Crippen LogP contribution in [0.5, 0.6) is 0 Å². The van der Waals surface area contributed by atoms with E-state index in [1.54, 1.807) is 0 Å². The van der Waals surface area contributed by atoms with Gasteiger partial charge in [-0.25, -0.2) is 0 Å². The molecular weight excluding hydrogens is 248 g/mol. The minimum Gasteiger partial charge on any atom is -0.353 e. The summed E-state index contributed by atoms with van der Waals surface area (Å²) in [7, 11) is 0. The van der Waals surface area contributed by atoms with E-state index in [1.807, 2.05) is 0 Å². The summed E-state index contributed by atoms with van der Waals surface area (Å²) in [6, 6.07) is 0.463. The molecule has 3 nitrogen and oxygen atoms in total. The number of nitrogens with two attached hydrogens (primary N) is 1. The van der Waals surface area contributed by atoms with Crippen molar-refractivity contribution < 1.29 is 4.79 Å². The molecule has 2 saturated carbocycles. The van der Waals surface area contributed by atoms with Crippen LogP contribution in [0.3, 0.4) is 0 Å². The molecule has 0 aromatic rings. The maximum Gasteiger partial charge on any atom is 0.224 e. The van der Waals surface area contributed by atoms with Crippen molar-refractivity contribution in [3.63, 3.8) is 0 Å². The molecule has 0 aromatic carbocycles. The fourth-order valence-corrected chi connectivity index (χ4v) is 3.39. The van der Waals surface area contributed by atoms with E-state index in [1.165, 1.54) is 12.8 Å². The lowest BCUT2D eigenvalue weighted by Crippen LogP contribution is -2.48. The molecule has 0 heterocycles. The number of hydrogen-bond donors (Lipinski definition) is 2. The molecule has 2 fully saturated rings. The Bertz CT molecular complexity index is 285. The summed E-state index contributed by atoms with van der Waals surface area (Å²) < 4.78 is 0. The van der Waals surface area contributed by atoms with Crippen LogP contribution >= 0.6 is 12.4 Å². The Morgan fingerprint density at radius 3 is 2.39 bits per heavy atom. The third kappa shape index (κ3) is 3.39. The largest absolute Gasteiger partial charge is 0.353 e. The van der Waals surface area contributed by atoms with Crippen LogP contribution in [0.2, 0.25) is 0 Å². The predicted molar refractivity (Wildman–Crippen MR) is 76.7 cm³/mol. The van der Waals surface area contributed by atoms with E-state index in [0.717, 1.165) is 31.6 Å². The van der Waals surface area contributed by atoms with Gasteiger partial charge in [0.15, 0.2) is 0 Å². The molecule has 3 N–H and O–H groups in total. The Balaban J connectivity index is 0.00000162. The summed E-state index contributed by atoms with van der Waals surface area (Å²) in [5.74, 6) is 1.61. The van der Waals surface area contributed by atoms with Gasteiger partial charge in [0.25, 0.3) is 0 Å². The number of hydrogen-bond acceptors (Lipinski definition) is 2. The number of carbonyl (C=O) groups excluding carboxylic acids is 1. The van der Waals surface area contributed by atoms with E-state index >= 15 is 0 Å². The third-order valence-corrected chi connectivity index (χ3v) is 4.94. The Hall–Kier alpha value is -0.280. The van der Waals surface area contributed by atoms with Gasteiger partial charge in [0.2, 0.25) is 5.91 Å². The molecular formula is C14H27ClN2O. The van der Waals surface area contributed by atoms with Crippen molar-refractivity contribution in [2.45, 2.75) is 64.5 Å². The van der Waals surface area contributed by atoms with Gasteiger partial charge in [0.05, 0.1) is 5.92 Å². The molecule has 0 aromatic heterocycles. The van der Waals surface area contributed by atoms with Crippen molar-refractivity contribution in [1.82, 2.24) is 5.32 Å². The molecule has 5 atom stereocenters. The summed E-state index contributed by atoms with van der Waals surface area (Å²) in [4.78, 5) is 12.2. The Morgan fingerprint density at radius 2 is 1.78 bits per heavy atom. The average Bonchev–Trinajstić information content (AvgIpc) is 2.71. The van der Waals surface area contributed by atoms with Crippen molar-refractivity contribution in [3.8, 4) is 0 Å². The van der Waals surface area contributed by atoms with Crippen molar-refractivity contribution in [3.05, 3.63) is 0 Å². The predicted octanol–water partition coefficient (Wildman–Crippen LogP) is 2.48. The van der Waals surface area contributed by atoms with Crippen molar-refractivity contribution in [2.75, 3.05) is 0 Å². The fourth-order valence-electron chi connectivity index (χ4n) is 3.39. The molecule has 0 spiro atoms. The van der Waals surface area contributed by atoms with Gasteiger partial charge in [-0.3, -0.25) is 4.79 Å². The Morgan fingerprint density at radius 1 is 1.11 bits per heavy atom. The maximum atomic E-state index is 12.2. The van der Waals surface area contributed by atoms with Crippen LogP contribution in [-0.4, -0.2) is 18.0 Å². The van der Waals surface area contributed by atoms with E-state index in [9.17, 15) is 4.79 Å². The molecule has 4 heteroatoms. The SMILES string of the molecule is CC1CCCC(NC(=O)C2CCCC2N)C1C.Cl. The highest BCUT2D eigenvalue weighted by molar-refractivity contribution is 5.85. The lowest BCUT2D eigenvalue weighted by Gasteiger charge is -2.35. The zero-order valence-corrected chi connectivity index (χ0v) is 12.3. The number of rotatable bonds is 2. The second-order valence-corrected chi connectivity index (χ2v) is 6.08. The minimum atomic E-state index is 0. The Kier molecular flexibility index (Phi) is 5.93. The van der Waals surface area contributed by atoms with Crippen LogP contribution in [0.25, 0.3) is 0 Å². The van der Waals surface area contributed by atoms with Crippen LogP contribution in [0.15, 0.2) is 0 Å². The molecule has 2 aliphatic rings. The maximum absolute atomic E-state index is 12.2. The van der Waals surface area contributed by atoms with E-state index in [0.29, 0.717) is 12.0 Å². The fraction of sp³-hybridized carbons (Fsp3) is 0.929. The molecule has 5 unspecified atom stereocenters. The molecule has 2 aliphatic carbocycles. The van der Waals surface area contributed by atoms with Crippen molar-refractivity contribution in [2.24, 2.45) is 23.5 Å². The van der Waals surface area contributed by atoms with Crippen molar-refractivity contribution >= 4 is 18.3 Å². The topological polar surface area (TPSA) is 55.1 Å². The molecule has 0 saturated heterocycles. The standard InChI is InChI=1S/C14H26N2O.ClH/c1-9-5-3-8-13(10(9)2)16-14(17)11-6-4-7-12(11)15;/h9-13H,3-8,15H2,1-2H3,(H,16,17);1H. The Labute approximate surface area is 117 Å². The van der Waals surface area contributed by atoms with Crippen molar-refractivity contribution in [1.29, 1.82) is 0 Å². The van der Waals surface area contributed by atoms with Gasteiger partial charge in [-0.15, -0.1) is 12.4 Å². The molecule has 0 aliphatic heterocycles. The average molecular weight is 275 g/mol. The molecule has 106 valence electrons. The van der Waals surface area contributed by atoms with Crippen LogP contribution < -0.4 is 11.1 Å². The summed E-state index contributed by atoms with van der Waals surface area (Å²) >= 11 is 0. The van der Waals surface area contributed by atoms with Gasteiger partial charge >= 0.3 is 0 Å². The summed E-state index contributed by atoms with van der Waals surface area (Å²) in [5.41, 5.74) is 5.99.